The Bertz CT molecular complexity index is 1390. The fourth-order valence-corrected chi connectivity index (χ4v) is 6.46. The summed E-state index contributed by atoms with van der Waals surface area (Å²) in [6, 6.07) is 20.7. The van der Waals surface area contributed by atoms with Gasteiger partial charge in [-0.1, -0.05) is 87.4 Å². The Kier molecular flexibility index (Phi) is 10.7. The van der Waals surface area contributed by atoms with E-state index in [-0.39, 0.29) is 30.3 Å². The van der Waals surface area contributed by atoms with Gasteiger partial charge >= 0.3 is 0 Å². The molecule has 0 amide bonds. The molecule has 3 heterocycles. The third-order valence-corrected chi connectivity index (χ3v) is 8.51. The number of imidazole rings is 1. The van der Waals surface area contributed by atoms with E-state index in [1.54, 1.807) is 6.33 Å². The van der Waals surface area contributed by atoms with Crippen LogP contribution in [-0.2, 0) is 20.3 Å². The number of fused-ring (bicyclic) bond motifs is 1. The van der Waals surface area contributed by atoms with Crippen LogP contribution in [0.5, 0.6) is 5.88 Å². The first-order valence-corrected chi connectivity index (χ1v) is 15.9. The number of ether oxygens (including phenoxy) is 2. The number of anilines is 1. The van der Waals surface area contributed by atoms with Crippen molar-refractivity contribution in [3.63, 3.8) is 0 Å². The molecule has 5 rings (SSSR count). The van der Waals surface area contributed by atoms with E-state index in [1.165, 1.54) is 5.56 Å². The summed E-state index contributed by atoms with van der Waals surface area (Å²) in [6.45, 7) is 7.77. The zero-order valence-corrected chi connectivity index (χ0v) is 25.5. The molecular weight excluding hydrogens is 551 g/mol. The highest BCUT2D eigenvalue weighted by molar-refractivity contribution is 7.44. The Balaban J connectivity index is 1.28. The van der Waals surface area contributed by atoms with Crippen molar-refractivity contribution in [1.29, 1.82) is 0 Å². The van der Waals surface area contributed by atoms with Gasteiger partial charge in [0.05, 0.1) is 31.7 Å². The van der Waals surface area contributed by atoms with Gasteiger partial charge in [-0.15, -0.1) is 0 Å². The van der Waals surface area contributed by atoms with Crippen molar-refractivity contribution in [2.24, 2.45) is 5.92 Å². The number of benzene rings is 2. The van der Waals surface area contributed by atoms with Crippen LogP contribution in [0.25, 0.3) is 11.2 Å². The van der Waals surface area contributed by atoms with Crippen LogP contribution in [0.4, 0.5) is 5.95 Å². The molecule has 3 N–H and O–H groups in total. The highest BCUT2D eigenvalue weighted by Gasteiger charge is 2.36. The molecule has 42 heavy (non-hydrogen) atoms. The zero-order chi connectivity index (χ0) is 29.3. The largest absolute Gasteiger partial charge is 0.476 e. The number of hydrogen-bond acceptors (Lipinski definition) is 9. The lowest BCUT2D eigenvalue weighted by Gasteiger charge is -2.26. The monoisotopic (exact) mass is 592 g/mol. The Morgan fingerprint density at radius 2 is 1.86 bits per heavy atom. The maximum atomic E-state index is 6.67. The lowest BCUT2D eigenvalue weighted by Crippen LogP contribution is -2.20. The van der Waals surface area contributed by atoms with Crippen molar-refractivity contribution >= 4 is 25.6 Å². The van der Waals surface area contributed by atoms with Crippen molar-refractivity contribution in [2.45, 2.75) is 71.4 Å². The summed E-state index contributed by atoms with van der Waals surface area (Å²) in [7, 11) is -1.40. The van der Waals surface area contributed by atoms with Crippen LogP contribution in [-0.4, -0.2) is 38.8 Å². The lowest BCUT2D eigenvalue weighted by molar-refractivity contribution is -0.0266. The molecule has 1 aliphatic heterocycles. The third kappa shape index (κ3) is 7.62. The number of unbranched alkanes of at least 4 members (excludes halogenated alkanes) is 1. The number of nitrogens with two attached hydrogens (primary N) is 1. The molecule has 0 saturated carbocycles. The molecule has 5 unspecified atom stereocenters. The first-order chi connectivity index (χ1) is 20.6. The standard InChI is InChI=1S/C31H41N6O4P/c1-4-6-17-26(24-15-11-8-12-16-24)41-42(34-19-23-13-9-7-10-14-23)39-20-25-18-22(3)30(40-25)37-21-33-27-28(37)35-31(32)36-29(27)38-5-2/h7-16,21-22,25-26,30,34H,4-6,17-20H2,1-3H3,(H2,32,35,36). The number of nitrogens with zero attached hydrogens (tertiary/aromatic N) is 4. The average molecular weight is 593 g/mol. The number of aromatic nitrogens is 4. The summed E-state index contributed by atoms with van der Waals surface area (Å²) in [5.41, 5.74) is 9.49. The Hall–Kier alpha value is -3.14. The Morgan fingerprint density at radius 3 is 2.60 bits per heavy atom. The number of rotatable bonds is 15. The minimum absolute atomic E-state index is 0.0568. The lowest BCUT2D eigenvalue weighted by atomic mass is 10.0. The van der Waals surface area contributed by atoms with Gasteiger partial charge in [0, 0.05) is 12.5 Å². The van der Waals surface area contributed by atoms with Crippen LogP contribution in [0.3, 0.4) is 0 Å². The molecule has 2 aromatic carbocycles. The molecule has 0 radical (unpaired) electrons. The van der Waals surface area contributed by atoms with E-state index in [0.717, 1.165) is 31.2 Å². The maximum Gasteiger partial charge on any atom is 0.256 e. The van der Waals surface area contributed by atoms with E-state index >= 15 is 0 Å². The van der Waals surface area contributed by atoms with E-state index in [0.29, 0.717) is 36.8 Å². The fraction of sp³-hybridized carbons (Fsp3) is 0.452. The minimum Gasteiger partial charge on any atom is -0.476 e. The van der Waals surface area contributed by atoms with Crippen molar-refractivity contribution in [1.82, 2.24) is 24.6 Å². The van der Waals surface area contributed by atoms with Crippen LogP contribution in [0.2, 0.25) is 0 Å². The summed E-state index contributed by atoms with van der Waals surface area (Å²) in [5, 5.41) is 3.54. The van der Waals surface area contributed by atoms with E-state index in [2.05, 4.69) is 70.3 Å². The van der Waals surface area contributed by atoms with Crippen LogP contribution in [0.15, 0.2) is 67.0 Å². The highest BCUT2D eigenvalue weighted by atomic mass is 31.2. The summed E-state index contributed by atoms with van der Waals surface area (Å²) < 4.78 is 27.2. The molecule has 10 nitrogen and oxygen atoms in total. The van der Waals surface area contributed by atoms with Crippen LogP contribution in [0, 0.1) is 5.92 Å². The summed E-state index contributed by atoms with van der Waals surface area (Å²) >= 11 is 0. The summed E-state index contributed by atoms with van der Waals surface area (Å²) in [6.07, 6.45) is 5.21. The number of hydrogen-bond donors (Lipinski definition) is 2. The molecule has 4 aromatic rings. The molecule has 0 spiro atoms. The van der Waals surface area contributed by atoms with Gasteiger partial charge in [0.15, 0.2) is 11.2 Å². The fourth-order valence-electron chi connectivity index (χ4n) is 5.16. The highest BCUT2D eigenvalue weighted by Crippen LogP contribution is 2.44. The van der Waals surface area contributed by atoms with Gasteiger partial charge in [-0.3, -0.25) is 4.57 Å². The Morgan fingerprint density at radius 1 is 1.10 bits per heavy atom. The summed E-state index contributed by atoms with van der Waals surface area (Å²) in [4.78, 5) is 13.2. The van der Waals surface area contributed by atoms with Crippen LogP contribution < -0.4 is 15.6 Å². The SMILES string of the molecule is CCCCC(OP(NCc1ccccc1)OCC1CC(C)C(n2cnc3c(OCC)nc(N)nc32)O1)c1ccccc1. The third-order valence-electron chi connectivity index (χ3n) is 7.26. The smallest absolute Gasteiger partial charge is 0.256 e. The molecule has 1 saturated heterocycles. The van der Waals surface area contributed by atoms with E-state index < -0.39 is 8.53 Å². The van der Waals surface area contributed by atoms with E-state index in [4.69, 9.17) is 24.3 Å². The predicted molar refractivity (Wildman–Crippen MR) is 165 cm³/mol. The van der Waals surface area contributed by atoms with Crippen LogP contribution in [0.1, 0.15) is 69.9 Å². The van der Waals surface area contributed by atoms with Crippen molar-refractivity contribution in [3.05, 3.63) is 78.1 Å². The first-order valence-electron chi connectivity index (χ1n) is 14.8. The van der Waals surface area contributed by atoms with Gasteiger partial charge in [0.2, 0.25) is 11.8 Å². The summed E-state index contributed by atoms with van der Waals surface area (Å²) in [5.74, 6) is 0.725. The van der Waals surface area contributed by atoms with Crippen molar-refractivity contribution in [2.75, 3.05) is 18.9 Å². The second-order valence-corrected chi connectivity index (χ2v) is 11.8. The maximum absolute atomic E-state index is 6.67. The molecule has 0 aliphatic carbocycles. The number of nitrogen functional groups attached to an aromatic ring is 1. The van der Waals surface area contributed by atoms with E-state index in [9.17, 15) is 0 Å². The van der Waals surface area contributed by atoms with Gasteiger partial charge in [-0.05, 0) is 30.9 Å². The predicted octanol–water partition coefficient (Wildman–Crippen LogP) is 6.71. The van der Waals surface area contributed by atoms with Gasteiger partial charge in [-0.2, -0.15) is 9.97 Å². The molecule has 2 aromatic heterocycles. The van der Waals surface area contributed by atoms with Gasteiger partial charge < -0.3 is 24.3 Å². The molecule has 1 aliphatic rings. The molecule has 5 atom stereocenters. The molecule has 224 valence electrons. The minimum atomic E-state index is -1.40. The quantitative estimate of drug-likeness (QED) is 0.145. The topological polar surface area (TPSA) is 119 Å². The molecule has 11 heteroatoms. The molecular formula is C31H41N6O4P. The normalized spacial score (nSPS) is 20.1. The van der Waals surface area contributed by atoms with Gasteiger partial charge in [-0.25, -0.2) is 10.1 Å². The van der Waals surface area contributed by atoms with Crippen molar-refractivity contribution < 1.29 is 18.5 Å². The van der Waals surface area contributed by atoms with Crippen molar-refractivity contribution in [3.8, 4) is 5.88 Å². The van der Waals surface area contributed by atoms with Gasteiger partial charge in [0.1, 0.15) is 6.23 Å². The van der Waals surface area contributed by atoms with E-state index in [1.807, 2.05) is 35.8 Å². The first kappa shape index (κ1) is 30.3. The number of nitrogens with one attached hydrogen (secondary N) is 1. The zero-order valence-electron chi connectivity index (χ0n) is 24.6. The molecule has 0 bridgehead atoms. The second-order valence-electron chi connectivity index (χ2n) is 10.5. The average Bonchev–Trinajstić information content (AvgIpc) is 3.60. The Labute approximate surface area is 248 Å². The second kappa shape index (κ2) is 14.8. The van der Waals surface area contributed by atoms with Gasteiger partial charge in [0.25, 0.3) is 8.53 Å². The van der Waals surface area contributed by atoms with Crippen LogP contribution >= 0.6 is 8.53 Å². The molecule has 1 fully saturated rings.